The van der Waals surface area contributed by atoms with Crippen molar-refractivity contribution in [3.05, 3.63) is 57.3 Å². The van der Waals surface area contributed by atoms with Crippen LogP contribution < -0.4 is 10.6 Å². The van der Waals surface area contributed by atoms with Gasteiger partial charge in [-0.3, -0.25) is 4.79 Å². The normalized spacial score (nSPS) is 10.9. The zero-order valence-corrected chi connectivity index (χ0v) is 20.3. The average molecular weight is 514 g/mol. The zero-order chi connectivity index (χ0) is 19.6. The Morgan fingerprint density at radius 1 is 1.07 bits per heavy atom. The highest BCUT2D eigenvalue weighted by Gasteiger charge is 2.11. The standard InChI is InChI=1S/C21H30N4OS.HI/c1-5-22-21(24-15-19-16(4)12-13-27-19)23-14-17-8-10-18(11-9-17)20(26)25(6-2)7-3;/h8-13H,5-7,14-15H2,1-4H3,(H2,22,23,24);1H. The second-order valence-electron chi connectivity index (χ2n) is 6.25. The van der Waals surface area contributed by atoms with E-state index < -0.39 is 0 Å². The minimum Gasteiger partial charge on any atom is -0.357 e. The summed E-state index contributed by atoms with van der Waals surface area (Å²) in [4.78, 5) is 20.2. The molecule has 154 valence electrons. The van der Waals surface area contributed by atoms with Crippen molar-refractivity contribution in [2.75, 3.05) is 19.6 Å². The molecular weight excluding hydrogens is 483 g/mol. The third kappa shape index (κ3) is 7.09. The molecule has 2 rings (SSSR count). The Morgan fingerprint density at radius 2 is 1.75 bits per heavy atom. The summed E-state index contributed by atoms with van der Waals surface area (Å²) >= 11 is 1.75. The van der Waals surface area contributed by atoms with Crippen LogP contribution in [0.5, 0.6) is 0 Å². The number of amides is 1. The van der Waals surface area contributed by atoms with Gasteiger partial charge >= 0.3 is 0 Å². The predicted molar refractivity (Wildman–Crippen MR) is 130 cm³/mol. The van der Waals surface area contributed by atoms with Crippen molar-refractivity contribution in [3.8, 4) is 0 Å². The summed E-state index contributed by atoms with van der Waals surface area (Å²) in [7, 11) is 0. The van der Waals surface area contributed by atoms with Gasteiger partial charge in [-0.1, -0.05) is 12.1 Å². The van der Waals surface area contributed by atoms with E-state index in [2.05, 4.69) is 40.9 Å². The molecule has 0 spiro atoms. The summed E-state index contributed by atoms with van der Waals surface area (Å²) in [6, 6.07) is 9.87. The fourth-order valence-electron chi connectivity index (χ4n) is 2.71. The van der Waals surface area contributed by atoms with Gasteiger partial charge in [0, 0.05) is 30.1 Å². The van der Waals surface area contributed by atoms with E-state index >= 15 is 0 Å². The van der Waals surface area contributed by atoms with E-state index in [9.17, 15) is 4.79 Å². The number of nitrogens with one attached hydrogen (secondary N) is 2. The largest absolute Gasteiger partial charge is 0.357 e. The van der Waals surface area contributed by atoms with Gasteiger partial charge in [-0.2, -0.15) is 0 Å². The third-order valence-electron chi connectivity index (χ3n) is 4.40. The molecule has 7 heteroatoms. The molecule has 0 aliphatic heterocycles. The van der Waals surface area contributed by atoms with Crippen LogP contribution in [0.4, 0.5) is 0 Å². The highest BCUT2D eigenvalue weighted by Crippen LogP contribution is 2.14. The molecule has 0 fully saturated rings. The quantitative estimate of drug-likeness (QED) is 0.312. The summed E-state index contributed by atoms with van der Waals surface area (Å²) < 4.78 is 0. The van der Waals surface area contributed by atoms with Gasteiger partial charge in [0.1, 0.15) is 0 Å². The smallest absolute Gasteiger partial charge is 0.253 e. The number of carbonyl (C=O) groups excluding carboxylic acids is 1. The number of benzene rings is 1. The molecule has 0 atom stereocenters. The molecule has 0 aliphatic rings. The monoisotopic (exact) mass is 514 g/mol. The minimum absolute atomic E-state index is 0. The van der Waals surface area contributed by atoms with E-state index in [-0.39, 0.29) is 29.9 Å². The fourth-order valence-corrected chi connectivity index (χ4v) is 3.55. The SMILES string of the molecule is CCNC(=NCc1ccc(C(=O)N(CC)CC)cc1)NCc1sccc1C.I. The molecule has 0 saturated heterocycles. The molecule has 2 aromatic rings. The van der Waals surface area contributed by atoms with E-state index in [1.807, 2.05) is 43.0 Å². The Bertz CT molecular complexity index is 754. The molecule has 0 aliphatic carbocycles. The van der Waals surface area contributed by atoms with Gasteiger partial charge in [0.15, 0.2) is 5.96 Å². The molecule has 28 heavy (non-hydrogen) atoms. The Hall–Kier alpha value is -1.61. The van der Waals surface area contributed by atoms with Gasteiger partial charge in [0.25, 0.3) is 5.91 Å². The number of thiophene rings is 1. The first-order valence-electron chi connectivity index (χ1n) is 9.52. The predicted octanol–water partition coefficient (Wildman–Crippen LogP) is 4.41. The molecule has 0 radical (unpaired) electrons. The topological polar surface area (TPSA) is 56.7 Å². The second-order valence-corrected chi connectivity index (χ2v) is 7.25. The average Bonchev–Trinajstić information content (AvgIpc) is 3.10. The number of aliphatic imine (C=N–C) groups is 1. The summed E-state index contributed by atoms with van der Waals surface area (Å²) in [5, 5.41) is 8.77. The van der Waals surface area contributed by atoms with E-state index in [1.54, 1.807) is 11.3 Å². The fraction of sp³-hybridized carbons (Fsp3) is 0.429. The molecular formula is C21H31IN4OS. The van der Waals surface area contributed by atoms with Crippen molar-refractivity contribution in [1.82, 2.24) is 15.5 Å². The van der Waals surface area contributed by atoms with E-state index in [0.29, 0.717) is 6.54 Å². The maximum atomic E-state index is 12.4. The number of aryl methyl sites for hydroxylation is 1. The number of hydrogen-bond acceptors (Lipinski definition) is 3. The Kier molecular flexibility index (Phi) is 11.1. The van der Waals surface area contributed by atoms with Crippen LogP contribution in [0.1, 0.15) is 47.1 Å². The van der Waals surface area contributed by atoms with Crippen LogP contribution in [0.2, 0.25) is 0 Å². The van der Waals surface area contributed by atoms with E-state index in [0.717, 1.165) is 43.3 Å². The molecule has 0 saturated carbocycles. The van der Waals surface area contributed by atoms with Crippen LogP contribution in [-0.2, 0) is 13.1 Å². The summed E-state index contributed by atoms with van der Waals surface area (Å²) in [5.41, 5.74) is 3.11. The van der Waals surface area contributed by atoms with Crippen LogP contribution in [-0.4, -0.2) is 36.4 Å². The van der Waals surface area contributed by atoms with Gasteiger partial charge in [0.05, 0.1) is 13.1 Å². The Balaban J connectivity index is 0.00000392. The van der Waals surface area contributed by atoms with Crippen molar-refractivity contribution in [1.29, 1.82) is 0 Å². The van der Waals surface area contributed by atoms with Crippen LogP contribution in [0, 0.1) is 6.92 Å². The molecule has 2 N–H and O–H groups in total. The van der Waals surface area contributed by atoms with Gasteiger partial charge < -0.3 is 15.5 Å². The number of nitrogens with zero attached hydrogens (tertiary/aromatic N) is 2. The molecule has 5 nitrogen and oxygen atoms in total. The minimum atomic E-state index is 0. The van der Waals surface area contributed by atoms with Crippen molar-refractivity contribution >= 4 is 47.2 Å². The molecule has 0 unspecified atom stereocenters. The van der Waals surface area contributed by atoms with Crippen molar-refractivity contribution in [3.63, 3.8) is 0 Å². The maximum absolute atomic E-state index is 12.4. The van der Waals surface area contributed by atoms with Crippen molar-refractivity contribution in [2.24, 2.45) is 4.99 Å². The third-order valence-corrected chi connectivity index (χ3v) is 5.42. The van der Waals surface area contributed by atoms with Gasteiger partial charge in [-0.15, -0.1) is 35.3 Å². The van der Waals surface area contributed by atoms with Crippen LogP contribution in [0.25, 0.3) is 0 Å². The van der Waals surface area contributed by atoms with Gasteiger partial charge in [-0.05, 0) is 62.4 Å². The first kappa shape index (κ1) is 24.4. The van der Waals surface area contributed by atoms with E-state index in [1.165, 1.54) is 10.4 Å². The number of carbonyl (C=O) groups is 1. The van der Waals surface area contributed by atoms with E-state index in [4.69, 9.17) is 0 Å². The van der Waals surface area contributed by atoms with Crippen molar-refractivity contribution in [2.45, 2.75) is 40.8 Å². The molecule has 1 aromatic carbocycles. The zero-order valence-electron chi connectivity index (χ0n) is 17.1. The summed E-state index contributed by atoms with van der Waals surface area (Å²) in [5.74, 6) is 0.880. The van der Waals surface area contributed by atoms with Crippen molar-refractivity contribution < 1.29 is 4.79 Å². The Morgan fingerprint density at radius 3 is 2.29 bits per heavy atom. The lowest BCUT2D eigenvalue weighted by Crippen LogP contribution is -2.36. The number of guanidine groups is 1. The highest BCUT2D eigenvalue weighted by molar-refractivity contribution is 14.0. The first-order chi connectivity index (χ1) is 13.1. The lowest BCUT2D eigenvalue weighted by atomic mass is 10.1. The van der Waals surface area contributed by atoms with Crippen LogP contribution >= 0.6 is 35.3 Å². The number of hydrogen-bond donors (Lipinski definition) is 2. The first-order valence-corrected chi connectivity index (χ1v) is 10.4. The number of halogens is 1. The lowest BCUT2D eigenvalue weighted by Gasteiger charge is -2.18. The summed E-state index contributed by atoms with van der Waals surface area (Å²) in [6.45, 7) is 11.8. The maximum Gasteiger partial charge on any atom is 0.253 e. The second kappa shape index (κ2) is 12.8. The van der Waals surface area contributed by atoms with Gasteiger partial charge in [-0.25, -0.2) is 4.99 Å². The van der Waals surface area contributed by atoms with Gasteiger partial charge in [0.2, 0.25) is 0 Å². The van der Waals surface area contributed by atoms with Crippen LogP contribution in [0.3, 0.4) is 0 Å². The van der Waals surface area contributed by atoms with Crippen LogP contribution in [0.15, 0.2) is 40.7 Å². The Labute approximate surface area is 189 Å². The number of rotatable bonds is 8. The molecule has 1 amide bonds. The molecule has 1 heterocycles. The lowest BCUT2D eigenvalue weighted by molar-refractivity contribution is 0.0773. The molecule has 1 aromatic heterocycles. The molecule has 0 bridgehead atoms. The highest BCUT2D eigenvalue weighted by atomic mass is 127. The summed E-state index contributed by atoms with van der Waals surface area (Å²) in [6.07, 6.45) is 0.